The smallest absolute Gasteiger partial charge is 0.334 e. The molecule has 1 saturated carbocycles. The molecule has 3 aliphatic rings. The molecule has 2 saturated heterocycles. The Morgan fingerprint density at radius 1 is 1.35 bits per heavy atom. The first-order chi connectivity index (χ1) is 8.01. The summed E-state index contributed by atoms with van der Waals surface area (Å²) in [5, 5.41) is 0. The largest absolute Gasteiger partial charge is 0.458 e. The van der Waals surface area contributed by atoms with Crippen LogP contribution in [0, 0.1) is 11.8 Å². The van der Waals surface area contributed by atoms with Gasteiger partial charge in [-0.15, -0.1) is 0 Å². The number of carbonyl (C=O) groups excluding carboxylic acids is 2. The Labute approximate surface area is 100.0 Å². The molecule has 0 aromatic carbocycles. The third kappa shape index (κ3) is 1.43. The lowest BCUT2D eigenvalue weighted by Crippen LogP contribution is -2.42. The van der Waals surface area contributed by atoms with Gasteiger partial charge in [0.2, 0.25) is 0 Å². The average molecular weight is 236 g/mol. The number of ether oxygens (including phenoxy) is 2. The molecule has 0 spiro atoms. The van der Waals surface area contributed by atoms with Crippen molar-refractivity contribution in [3.8, 4) is 0 Å². The summed E-state index contributed by atoms with van der Waals surface area (Å²) in [6.07, 6.45) is 3.13. The van der Waals surface area contributed by atoms with Gasteiger partial charge in [-0.05, 0) is 19.8 Å². The predicted molar refractivity (Wildman–Crippen MR) is 59.0 cm³/mol. The fourth-order valence-electron chi connectivity index (χ4n) is 3.50. The Morgan fingerprint density at radius 2 is 2.12 bits per heavy atom. The Hall–Kier alpha value is -1.32. The molecule has 0 N–H and O–H groups in total. The molecule has 17 heavy (non-hydrogen) atoms. The molecule has 0 amide bonds. The molecule has 4 nitrogen and oxygen atoms in total. The molecule has 0 bridgehead atoms. The first kappa shape index (κ1) is 10.8. The van der Waals surface area contributed by atoms with E-state index in [9.17, 15) is 9.59 Å². The second kappa shape index (κ2) is 3.34. The van der Waals surface area contributed by atoms with Gasteiger partial charge in [-0.2, -0.15) is 0 Å². The van der Waals surface area contributed by atoms with Crippen LogP contribution in [-0.4, -0.2) is 23.6 Å². The molecule has 2 aliphatic heterocycles. The number of esters is 2. The van der Waals surface area contributed by atoms with E-state index in [1.165, 1.54) is 0 Å². The summed E-state index contributed by atoms with van der Waals surface area (Å²) in [6, 6.07) is 0. The van der Waals surface area contributed by atoms with Crippen molar-refractivity contribution >= 4 is 11.9 Å². The van der Waals surface area contributed by atoms with E-state index in [1.807, 2.05) is 6.92 Å². The monoisotopic (exact) mass is 236 g/mol. The predicted octanol–water partition coefficient (Wildman–Crippen LogP) is 1.59. The van der Waals surface area contributed by atoms with Crippen molar-refractivity contribution in [2.24, 2.45) is 11.8 Å². The first-order valence-corrected chi connectivity index (χ1v) is 6.13. The van der Waals surface area contributed by atoms with Gasteiger partial charge in [0.25, 0.3) is 0 Å². The van der Waals surface area contributed by atoms with Crippen LogP contribution in [0.5, 0.6) is 0 Å². The van der Waals surface area contributed by atoms with Crippen LogP contribution < -0.4 is 0 Å². The van der Waals surface area contributed by atoms with Gasteiger partial charge < -0.3 is 9.47 Å². The topological polar surface area (TPSA) is 52.6 Å². The van der Waals surface area contributed by atoms with E-state index in [-0.39, 0.29) is 29.9 Å². The Bertz CT molecular complexity index is 396. The van der Waals surface area contributed by atoms with Crippen molar-refractivity contribution in [1.29, 1.82) is 0 Å². The van der Waals surface area contributed by atoms with Crippen molar-refractivity contribution in [3.63, 3.8) is 0 Å². The van der Waals surface area contributed by atoms with Crippen LogP contribution in [0.3, 0.4) is 0 Å². The Balaban J connectivity index is 1.88. The van der Waals surface area contributed by atoms with Crippen molar-refractivity contribution in [1.82, 2.24) is 0 Å². The van der Waals surface area contributed by atoms with Crippen LogP contribution in [0.4, 0.5) is 0 Å². The molecule has 92 valence electrons. The van der Waals surface area contributed by atoms with Crippen LogP contribution in [0.1, 0.15) is 32.6 Å². The van der Waals surface area contributed by atoms with Gasteiger partial charge in [0.05, 0.1) is 5.92 Å². The zero-order chi connectivity index (χ0) is 12.2. The summed E-state index contributed by atoms with van der Waals surface area (Å²) >= 11 is 0. The van der Waals surface area contributed by atoms with Gasteiger partial charge in [0.1, 0.15) is 6.10 Å². The number of rotatable bonds is 1. The minimum atomic E-state index is -0.701. The lowest BCUT2D eigenvalue weighted by molar-refractivity contribution is -0.167. The van der Waals surface area contributed by atoms with E-state index in [4.69, 9.17) is 9.47 Å². The van der Waals surface area contributed by atoms with Gasteiger partial charge in [-0.1, -0.05) is 13.0 Å². The van der Waals surface area contributed by atoms with E-state index in [1.54, 1.807) is 0 Å². The zero-order valence-electron chi connectivity index (χ0n) is 9.90. The van der Waals surface area contributed by atoms with Crippen LogP contribution in [-0.2, 0) is 19.1 Å². The number of hydrogen-bond acceptors (Lipinski definition) is 4. The summed E-state index contributed by atoms with van der Waals surface area (Å²) in [5.41, 5.74) is -0.224. The SMILES string of the molecule is C=C1CC(C)(C2OC(=O)C3CCCC32)OC1=O. The lowest BCUT2D eigenvalue weighted by atomic mass is 9.82. The molecule has 2 heterocycles. The molecule has 3 fully saturated rings. The van der Waals surface area contributed by atoms with Crippen molar-refractivity contribution < 1.29 is 19.1 Å². The van der Waals surface area contributed by atoms with E-state index in [2.05, 4.69) is 6.58 Å². The molecular weight excluding hydrogens is 220 g/mol. The van der Waals surface area contributed by atoms with Crippen LogP contribution in [0.2, 0.25) is 0 Å². The number of hydrogen-bond donors (Lipinski definition) is 0. The third-order valence-electron chi connectivity index (χ3n) is 4.28. The summed E-state index contributed by atoms with van der Waals surface area (Å²) in [6.45, 7) is 5.54. The summed E-state index contributed by atoms with van der Waals surface area (Å²) in [7, 11) is 0. The van der Waals surface area contributed by atoms with Gasteiger partial charge in [-0.25, -0.2) is 4.79 Å². The minimum Gasteiger partial charge on any atom is -0.458 e. The molecular formula is C13H16O4. The quantitative estimate of drug-likeness (QED) is 0.512. The maximum Gasteiger partial charge on any atom is 0.334 e. The molecule has 4 atom stereocenters. The summed E-state index contributed by atoms with van der Waals surface area (Å²) in [4.78, 5) is 23.2. The maximum absolute atomic E-state index is 11.7. The highest BCUT2D eigenvalue weighted by Gasteiger charge is 2.58. The standard InChI is InChI=1S/C13H16O4/c1-7-6-13(2,17-11(7)14)10-8-4-3-5-9(8)12(15)16-10/h8-10H,1,3-6H2,2H3. The molecule has 3 rings (SSSR count). The van der Waals surface area contributed by atoms with Crippen LogP contribution >= 0.6 is 0 Å². The third-order valence-corrected chi connectivity index (χ3v) is 4.28. The van der Waals surface area contributed by atoms with Gasteiger partial charge in [-0.3, -0.25) is 4.79 Å². The highest BCUT2D eigenvalue weighted by atomic mass is 16.6. The van der Waals surface area contributed by atoms with Gasteiger partial charge >= 0.3 is 11.9 Å². The second-order valence-corrected chi connectivity index (χ2v) is 5.54. The highest BCUT2D eigenvalue weighted by Crippen LogP contribution is 2.48. The fraction of sp³-hybridized carbons (Fsp3) is 0.692. The number of fused-ring (bicyclic) bond motifs is 1. The van der Waals surface area contributed by atoms with E-state index in [0.717, 1.165) is 19.3 Å². The van der Waals surface area contributed by atoms with Gasteiger partial charge in [0.15, 0.2) is 5.60 Å². The van der Waals surface area contributed by atoms with E-state index in [0.29, 0.717) is 12.0 Å². The summed E-state index contributed by atoms with van der Waals surface area (Å²) < 4.78 is 10.8. The lowest BCUT2D eigenvalue weighted by Gasteiger charge is -2.31. The molecule has 0 radical (unpaired) electrons. The maximum atomic E-state index is 11.7. The number of cyclic esters (lactones) is 2. The molecule has 0 aromatic rings. The fourth-order valence-corrected chi connectivity index (χ4v) is 3.50. The van der Waals surface area contributed by atoms with Crippen LogP contribution in [0.15, 0.2) is 12.2 Å². The van der Waals surface area contributed by atoms with Crippen molar-refractivity contribution in [2.45, 2.75) is 44.3 Å². The van der Waals surface area contributed by atoms with Crippen molar-refractivity contribution in [2.75, 3.05) is 0 Å². The number of carbonyl (C=O) groups is 2. The van der Waals surface area contributed by atoms with Crippen molar-refractivity contribution in [3.05, 3.63) is 12.2 Å². The highest BCUT2D eigenvalue weighted by molar-refractivity contribution is 5.90. The zero-order valence-corrected chi connectivity index (χ0v) is 9.90. The minimum absolute atomic E-state index is 0.0180. The van der Waals surface area contributed by atoms with E-state index >= 15 is 0 Å². The summed E-state index contributed by atoms with van der Waals surface area (Å²) in [5.74, 6) is -0.243. The van der Waals surface area contributed by atoms with E-state index < -0.39 is 5.60 Å². The first-order valence-electron chi connectivity index (χ1n) is 6.13. The molecule has 4 heteroatoms. The Morgan fingerprint density at radius 3 is 2.76 bits per heavy atom. The van der Waals surface area contributed by atoms with Crippen LogP contribution in [0.25, 0.3) is 0 Å². The molecule has 4 unspecified atom stereocenters. The average Bonchev–Trinajstić information content (AvgIpc) is 2.87. The molecule has 0 aromatic heterocycles. The normalized spacial score (nSPS) is 44.8. The molecule has 1 aliphatic carbocycles. The Kier molecular flexibility index (Phi) is 2.12. The van der Waals surface area contributed by atoms with Gasteiger partial charge in [0, 0.05) is 17.9 Å². The second-order valence-electron chi connectivity index (χ2n) is 5.54.